The number of fused-ring (bicyclic) bond motifs is 3. The number of carboxylic acids is 1. The molecule has 2 N–H and O–H groups in total. The van der Waals surface area contributed by atoms with Crippen molar-refractivity contribution < 1.29 is 24.2 Å². The number of aliphatic carboxylic acids is 1. The topological polar surface area (TPSA) is 95.9 Å². The molecule has 2 atom stereocenters. The van der Waals surface area contributed by atoms with Crippen LogP contribution in [0.2, 0.25) is 0 Å². The van der Waals surface area contributed by atoms with E-state index >= 15 is 0 Å². The third-order valence-corrected chi connectivity index (χ3v) is 7.61. The van der Waals surface area contributed by atoms with Gasteiger partial charge in [-0.05, 0) is 55.4 Å². The number of hydrogen-bond acceptors (Lipinski definition) is 4. The molecule has 4 rings (SSSR count). The molecule has 7 nitrogen and oxygen atoms in total. The monoisotopic (exact) mass is 464 g/mol. The van der Waals surface area contributed by atoms with Gasteiger partial charge in [-0.15, -0.1) is 0 Å². The molecule has 2 amide bonds. The molecule has 0 spiro atoms. The molecule has 1 aliphatic carbocycles. The first-order valence-electron chi connectivity index (χ1n) is 11.9. The van der Waals surface area contributed by atoms with Gasteiger partial charge in [-0.25, -0.2) is 9.59 Å². The Morgan fingerprint density at radius 3 is 2.26 bits per heavy atom. The van der Waals surface area contributed by atoms with Crippen LogP contribution in [-0.2, 0) is 14.3 Å². The molecule has 0 bridgehead atoms. The molecule has 1 fully saturated rings. The van der Waals surface area contributed by atoms with Crippen molar-refractivity contribution in [3.05, 3.63) is 59.7 Å². The molecular formula is C27H32N2O5. The lowest BCUT2D eigenvalue weighted by Gasteiger charge is -2.38. The Kier molecular flexibility index (Phi) is 6.39. The van der Waals surface area contributed by atoms with Crippen molar-refractivity contribution in [2.24, 2.45) is 5.41 Å². The SMILES string of the molecule is CCC(C)(CNC(=O)OCC1c2ccccc2-c2ccccc21)C(=O)N1CCC[C@@]1(C)C(=O)O. The molecule has 1 unspecified atom stereocenters. The number of benzene rings is 2. The molecule has 1 heterocycles. The molecular weight excluding hydrogens is 432 g/mol. The zero-order valence-electron chi connectivity index (χ0n) is 20.0. The molecule has 1 saturated heterocycles. The average Bonchev–Trinajstić information content (AvgIpc) is 3.39. The minimum absolute atomic E-state index is 0.0433. The van der Waals surface area contributed by atoms with E-state index in [2.05, 4.69) is 29.6 Å². The largest absolute Gasteiger partial charge is 0.480 e. The quantitative estimate of drug-likeness (QED) is 0.633. The maximum atomic E-state index is 13.3. The van der Waals surface area contributed by atoms with E-state index in [-0.39, 0.29) is 25.0 Å². The van der Waals surface area contributed by atoms with Gasteiger partial charge in [-0.1, -0.05) is 55.5 Å². The Hall–Kier alpha value is -3.35. The van der Waals surface area contributed by atoms with E-state index in [1.165, 1.54) is 4.90 Å². The summed E-state index contributed by atoms with van der Waals surface area (Å²) < 4.78 is 5.59. The Labute approximate surface area is 200 Å². The van der Waals surface area contributed by atoms with E-state index in [4.69, 9.17) is 4.74 Å². The van der Waals surface area contributed by atoms with Gasteiger partial charge in [-0.3, -0.25) is 4.79 Å². The number of carbonyl (C=O) groups is 3. The molecule has 0 saturated carbocycles. The van der Waals surface area contributed by atoms with Gasteiger partial charge in [0.25, 0.3) is 0 Å². The number of alkyl carbamates (subject to hydrolysis) is 1. The fourth-order valence-corrected chi connectivity index (χ4v) is 5.11. The van der Waals surface area contributed by atoms with Crippen LogP contribution in [0.15, 0.2) is 48.5 Å². The third-order valence-electron chi connectivity index (χ3n) is 7.61. The molecule has 0 radical (unpaired) electrons. The van der Waals surface area contributed by atoms with Crippen molar-refractivity contribution in [3.8, 4) is 11.1 Å². The van der Waals surface area contributed by atoms with Crippen LogP contribution < -0.4 is 5.32 Å². The summed E-state index contributed by atoms with van der Waals surface area (Å²) in [6.07, 6.45) is 0.945. The maximum absolute atomic E-state index is 13.3. The van der Waals surface area contributed by atoms with Gasteiger partial charge in [0.15, 0.2) is 0 Å². The van der Waals surface area contributed by atoms with Gasteiger partial charge in [0.2, 0.25) is 5.91 Å². The van der Waals surface area contributed by atoms with E-state index in [1.807, 2.05) is 31.2 Å². The summed E-state index contributed by atoms with van der Waals surface area (Å²) in [5.41, 5.74) is 2.44. The Bertz CT molecular complexity index is 1070. The standard InChI is InChI=1S/C27H32N2O5/c1-4-26(2,23(30)29-15-9-14-27(29,3)24(31)32)17-28-25(33)34-16-22-20-12-7-5-10-18(20)19-11-6-8-13-21(19)22/h5-8,10-13,22H,4,9,14-17H2,1-3H3,(H,28,33)(H,31,32)/t26?,27-/m0/s1. The fraction of sp³-hybridized carbons (Fsp3) is 0.444. The van der Waals surface area contributed by atoms with E-state index < -0.39 is 23.0 Å². The lowest BCUT2D eigenvalue weighted by Crippen LogP contribution is -2.57. The van der Waals surface area contributed by atoms with Gasteiger partial charge in [0.05, 0.1) is 5.41 Å². The molecule has 7 heteroatoms. The summed E-state index contributed by atoms with van der Waals surface area (Å²) in [5.74, 6) is -1.30. The van der Waals surface area contributed by atoms with Crippen LogP contribution in [0.1, 0.15) is 57.1 Å². The third kappa shape index (κ3) is 4.04. The highest BCUT2D eigenvalue weighted by Crippen LogP contribution is 2.44. The first kappa shape index (κ1) is 23.8. The fourth-order valence-electron chi connectivity index (χ4n) is 5.11. The average molecular weight is 465 g/mol. The van der Waals surface area contributed by atoms with Gasteiger partial charge < -0.3 is 20.1 Å². The van der Waals surface area contributed by atoms with E-state index in [9.17, 15) is 19.5 Å². The molecule has 2 aromatic rings. The van der Waals surface area contributed by atoms with Crippen LogP contribution in [0.5, 0.6) is 0 Å². The summed E-state index contributed by atoms with van der Waals surface area (Å²) in [6.45, 7) is 5.90. The van der Waals surface area contributed by atoms with Gasteiger partial charge in [-0.2, -0.15) is 0 Å². The lowest BCUT2D eigenvalue weighted by atomic mass is 9.84. The van der Waals surface area contributed by atoms with E-state index in [0.717, 1.165) is 22.3 Å². The zero-order valence-corrected chi connectivity index (χ0v) is 20.0. The number of carboxylic acid groups (broad SMARTS) is 1. The van der Waals surface area contributed by atoms with Crippen LogP contribution >= 0.6 is 0 Å². The smallest absolute Gasteiger partial charge is 0.407 e. The van der Waals surface area contributed by atoms with Crippen LogP contribution in [0.4, 0.5) is 4.79 Å². The van der Waals surface area contributed by atoms with E-state index in [1.54, 1.807) is 13.8 Å². The highest BCUT2D eigenvalue weighted by molar-refractivity contribution is 5.90. The van der Waals surface area contributed by atoms with Crippen molar-refractivity contribution in [2.75, 3.05) is 19.7 Å². The second kappa shape index (κ2) is 9.12. The summed E-state index contributed by atoms with van der Waals surface area (Å²) in [6, 6.07) is 16.3. The lowest BCUT2D eigenvalue weighted by molar-refractivity contribution is -0.159. The number of amides is 2. The Morgan fingerprint density at radius 2 is 1.71 bits per heavy atom. The van der Waals surface area contributed by atoms with Crippen molar-refractivity contribution in [1.29, 1.82) is 0 Å². The van der Waals surface area contributed by atoms with Crippen LogP contribution in [0, 0.1) is 5.41 Å². The van der Waals surface area contributed by atoms with Crippen molar-refractivity contribution in [1.82, 2.24) is 10.2 Å². The zero-order chi connectivity index (χ0) is 24.5. The second-order valence-electron chi connectivity index (χ2n) is 9.73. The number of carbonyl (C=O) groups excluding carboxylic acids is 2. The predicted octanol–water partition coefficient (Wildman–Crippen LogP) is 4.41. The number of ether oxygens (including phenoxy) is 1. The maximum Gasteiger partial charge on any atom is 0.407 e. The van der Waals surface area contributed by atoms with E-state index in [0.29, 0.717) is 25.8 Å². The van der Waals surface area contributed by atoms with Crippen LogP contribution in [-0.4, -0.2) is 53.2 Å². The molecule has 2 aliphatic rings. The van der Waals surface area contributed by atoms with Crippen molar-refractivity contribution in [2.45, 2.75) is 51.5 Å². The van der Waals surface area contributed by atoms with Crippen LogP contribution in [0.25, 0.3) is 11.1 Å². The highest BCUT2D eigenvalue weighted by atomic mass is 16.5. The van der Waals surface area contributed by atoms with Crippen molar-refractivity contribution in [3.63, 3.8) is 0 Å². The Morgan fingerprint density at radius 1 is 1.12 bits per heavy atom. The normalized spacial score (nSPS) is 20.9. The Balaban J connectivity index is 1.40. The molecule has 2 aromatic carbocycles. The minimum atomic E-state index is -1.21. The highest BCUT2D eigenvalue weighted by Gasteiger charge is 2.50. The summed E-state index contributed by atoms with van der Waals surface area (Å²) in [4.78, 5) is 39.2. The summed E-state index contributed by atoms with van der Waals surface area (Å²) >= 11 is 0. The molecule has 0 aromatic heterocycles. The summed E-state index contributed by atoms with van der Waals surface area (Å²) in [7, 11) is 0. The number of likely N-dealkylation sites (tertiary alicyclic amines) is 1. The molecule has 180 valence electrons. The first-order chi connectivity index (χ1) is 16.2. The first-order valence-corrected chi connectivity index (χ1v) is 11.9. The number of nitrogens with zero attached hydrogens (tertiary/aromatic N) is 1. The molecule has 34 heavy (non-hydrogen) atoms. The predicted molar refractivity (Wildman–Crippen MR) is 128 cm³/mol. The minimum Gasteiger partial charge on any atom is -0.480 e. The van der Waals surface area contributed by atoms with Gasteiger partial charge in [0.1, 0.15) is 12.1 Å². The number of rotatable bonds is 7. The number of hydrogen-bond donors (Lipinski definition) is 2. The van der Waals surface area contributed by atoms with Gasteiger partial charge in [0, 0.05) is 19.0 Å². The second-order valence-corrected chi connectivity index (χ2v) is 9.73. The summed E-state index contributed by atoms with van der Waals surface area (Å²) in [5, 5.41) is 12.4. The van der Waals surface area contributed by atoms with Crippen molar-refractivity contribution >= 4 is 18.0 Å². The number of nitrogens with one attached hydrogen (secondary N) is 1. The van der Waals surface area contributed by atoms with Crippen LogP contribution in [0.3, 0.4) is 0 Å². The molecule has 1 aliphatic heterocycles. The van der Waals surface area contributed by atoms with Gasteiger partial charge >= 0.3 is 12.1 Å².